The quantitative estimate of drug-likeness (QED) is 0.843. The Morgan fingerprint density at radius 1 is 1.43 bits per heavy atom. The molecule has 0 saturated heterocycles. The van der Waals surface area contributed by atoms with E-state index in [0.717, 1.165) is 5.56 Å². The number of methoxy groups -OCH3 is 1. The van der Waals surface area contributed by atoms with Crippen LogP contribution in [0, 0.1) is 6.92 Å². The molecule has 0 unspecified atom stereocenters. The predicted octanol–water partition coefficient (Wildman–Crippen LogP) is 2.00. The van der Waals surface area contributed by atoms with Crippen LogP contribution in [0.1, 0.15) is 21.6 Å². The van der Waals surface area contributed by atoms with Gasteiger partial charge in [-0.2, -0.15) is 0 Å². The summed E-state index contributed by atoms with van der Waals surface area (Å²) < 4.78 is 4.66. The lowest BCUT2D eigenvalue weighted by molar-refractivity contribution is -0.115. The van der Waals surface area contributed by atoms with Gasteiger partial charge in [0.1, 0.15) is 0 Å². The van der Waals surface area contributed by atoms with E-state index in [1.807, 2.05) is 6.92 Å². The summed E-state index contributed by atoms with van der Waals surface area (Å²) >= 11 is 1.29. The Morgan fingerprint density at radius 3 is 2.81 bits per heavy atom. The molecule has 1 amide bonds. The zero-order valence-electron chi connectivity index (χ0n) is 11.7. The van der Waals surface area contributed by atoms with Crippen LogP contribution in [-0.2, 0) is 16.0 Å². The van der Waals surface area contributed by atoms with Gasteiger partial charge in [-0.1, -0.05) is 6.07 Å². The number of thiazole rings is 1. The van der Waals surface area contributed by atoms with Crippen molar-refractivity contribution >= 4 is 34.0 Å². The number of aryl methyl sites for hydroxylation is 1. The van der Waals surface area contributed by atoms with Crippen LogP contribution in [0.5, 0.6) is 0 Å². The third-order valence-corrected chi connectivity index (χ3v) is 3.57. The summed E-state index contributed by atoms with van der Waals surface area (Å²) in [4.78, 5) is 27.5. The minimum Gasteiger partial charge on any atom is -0.465 e. The van der Waals surface area contributed by atoms with Crippen LogP contribution in [0.3, 0.4) is 0 Å². The fourth-order valence-electron chi connectivity index (χ4n) is 1.76. The third kappa shape index (κ3) is 3.79. The standard InChI is InChI=1S/C14H15N3O3S/c1-8-3-4-9(13(19)20-2)5-11(8)17-12(18)6-10-7-21-14(15)16-10/h3-5,7H,6H2,1-2H3,(H2,15,16)(H,17,18). The van der Waals surface area contributed by atoms with Crippen molar-refractivity contribution in [2.45, 2.75) is 13.3 Å². The number of amides is 1. The van der Waals surface area contributed by atoms with E-state index in [0.29, 0.717) is 22.1 Å². The van der Waals surface area contributed by atoms with Crippen LogP contribution >= 0.6 is 11.3 Å². The Morgan fingerprint density at radius 2 is 2.19 bits per heavy atom. The fourth-order valence-corrected chi connectivity index (χ4v) is 2.33. The molecular weight excluding hydrogens is 290 g/mol. The van der Waals surface area contributed by atoms with Crippen molar-refractivity contribution in [2.75, 3.05) is 18.2 Å². The average molecular weight is 305 g/mol. The summed E-state index contributed by atoms with van der Waals surface area (Å²) in [5.74, 6) is -0.664. The van der Waals surface area contributed by atoms with Gasteiger partial charge in [-0.15, -0.1) is 11.3 Å². The van der Waals surface area contributed by atoms with E-state index >= 15 is 0 Å². The number of hydrogen-bond donors (Lipinski definition) is 2. The summed E-state index contributed by atoms with van der Waals surface area (Å²) in [6.45, 7) is 1.84. The zero-order chi connectivity index (χ0) is 15.4. The number of nitrogens with two attached hydrogens (primary N) is 1. The monoisotopic (exact) mass is 305 g/mol. The van der Waals surface area contributed by atoms with E-state index in [2.05, 4.69) is 15.0 Å². The molecule has 0 radical (unpaired) electrons. The molecular formula is C14H15N3O3S. The Kier molecular flexibility index (Phi) is 4.54. The number of anilines is 2. The van der Waals surface area contributed by atoms with Crippen LogP contribution < -0.4 is 11.1 Å². The fraction of sp³-hybridized carbons (Fsp3) is 0.214. The van der Waals surface area contributed by atoms with Crippen LogP contribution in [-0.4, -0.2) is 24.0 Å². The number of nitrogens with zero attached hydrogens (tertiary/aromatic N) is 1. The smallest absolute Gasteiger partial charge is 0.337 e. The highest BCUT2D eigenvalue weighted by Crippen LogP contribution is 2.18. The first-order chi connectivity index (χ1) is 9.99. The molecule has 2 aromatic rings. The molecule has 3 N–H and O–H groups in total. The lowest BCUT2D eigenvalue weighted by Crippen LogP contribution is -2.16. The summed E-state index contributed by atoms with van der Waals surface area (Å²) in [6, 6.07) is 5.00. The normalized spacial score (nSPS) is 10.2. The van der Waals surface area contributed by atoms with Gasteiger partial charge in [-0.05, 0) is 24.6 Å². The minimum absolute atomic E-state index is 0.135. The highest BCUT2D eigenvalue weighted by molar-refractivity contribution is 7.13. The number of nitrogen functional groups attached to an aromatic ring is 1. The number of aromatic nitrogens is 1. The molecule has 0 aliphatic heterocycles. The van der Waals surface area contributed by atoms with Gasteiger partial charge in [0.2, 0.25) is 5.91 Å². The van der Waals surface area contributed by atoms with Gasteiger partial charge >= 0.3 is 5.97 Å². The maximum absolute atomic E-state index is 12.0. The average Bonchev–Trinajstić information content (AvgIpc) is 2.85. The topological polar surface area (TPSA) is 94.3 Å². The molecule has 0 atom stereocenters. The molecule has 2 rings (SSSR count). The van der Waals surface area contributed by atoms with E-state index in [-0.39, 0.29) is 12.3 Å². The second kappa shape index (κ2) is 6.36. The molecule has 0 bridgehead atoms. The number of rotatable bonds is 4. The van der Waals surface area contributed by atoms with Crippen molar-refractivity contribution in [3.05, 3.63) is 40.4 Å². The Balaban J connectivity index is 2.11. The predicted molar refractivity (Wildman–Crippen MR) is 81.4 cm³/mol. The van der Waals surface area contributed by atoms with E-state index in [1.165, 1.54) is 18.4 Å². The Bertz CT molecular complexity index is 682. The van der Waals surface area contributed by atoms with E-state index in [9.17, 15) is 9.59 Å². The van der Waals surface area contributed by atoms with E-state index in [4.69, 9.17) is 5.73 Å². The number of esters is 1. The molecule has 1 aromatic carbocycles. The van der Waals surface area contributed by atoms with Crippen molar-refractivity contribution in [3.63, 3.8) is 0 Å². The molecule has 6 nitrogen and oxygen atoms in total. The maximum atomic E-state index is 12.0. The number of nitrogens with one attached hydrogen (secondary N) is 1. The number of carbonyl (C=O) groups is 2. The number of carbonyl (C=O) groups excluding carboxylic acids is 2. The highest BCUT2D eigenvalue weighted by Gasteiger charge is 2.11. The van der Waals surface area contributed by atoms with Crippen molar-refractivity contribution < 1.29 is 14.3 Å². The van der Waals surface area contributed by atoms with Crippen LogP contribution in [0.15, 0.2) is 23.6 Å². The van der Waals surface area contributed by atoms with Gasteiger partial charge in [0.15, 0.2) is 5.13 Å². The van der Waals surface area contributed by atoms with Gasteiger partial charge in [0.25, 0.3) is 0 Å². The summed E-state index contributed by atoms with van der Waals surface area (Å²) in [5.41, 5.74) is 7.96. The molecule has 0 aliphatic rings. The number of ether oxygens (including phenoxy) is 1. The van der Waals surface area contributed by atoms with Crippen molar-refractivity contribution in [3.8, 4) is 0 Å². The Labute approximate surface area is 125 Å². The zero-order valence-corrected chi connectivity index (χ0v) is 12.5. The lowest BCUT2D eigenvalue weighted by atomic mass is 10.1. The van der Waals surface area contributed by atoms with Gasteiger partial charge in [0.05, 0.1) is 24.8 Å². The third-order valence-electron chi connectivity index (χ3n) is 2.84. The second-order valence-electron chi connectivity index (χ2n) is 4.42. The van der Waals surface area contributed by atoms with Crippen molar-refractivity contribution in [1.82, 2.24) is 4.98 Å². The first kappa shape index (κ1) is 15.0. The number of benzene rings is 1. The molecule has 110 valence electrons. The van der Waals surface area contributed by atoms with Crippen LogP contribution in [0.4, 0.5) is 10.8 Å². The van der Waals surface area contributed by atoms with E-state index in [1.54, 1.807) is 23.6 Å². The van der Waals surface area contributed by atoms with Crippen molar-refractivity contribution in [2.24, 2.45) is 0 Å². The van der Waals surface area contributed by atoms with Gasteiger partial charge < -0.3 is 15.8 Å². The maximum Gasteiger partial charge on any atom is 0.337 e. The summed E-state index contributed by atoms with van der Waals surface area (Å²) in [6.07, 6.45) is 0.135. The Hall–Kier alpha value is -2.41. The largest absolute Gasteiger partial charge is 0.465 e. The summed E-state index contributed by atoms with van der Waals surface area (Å²) in [7, 11) is 1.31. The van der Waals surface area contributed by atoms with Gasteiger partial charge in [-0.3, -0.25) is 4.79 Å². The van der Waals surface area contributed by atoms with Crippen molar-refractivity contribution in [1.29, 1.82) is 0 Å². The first-order valence-electron chi connectivity index (χ1n) is 6.18. The van der Waals surface area contributed by atoms with Crippen LogP contribution in [0.25, 0.3) is 0 Å². The molecule has 1 heterocycles. The van der Waals surface area contributed by atoms with Crippen LogP contribution in [0.2, 0.25) is 0 Å². The highest BCUT2D eigenvalue weighted by atomic mass is 32.1. The minimum atomic E-state index is -0.447. The molecule has 1 aromatic heterocycles. The molecule has 0 saturated carbocycles. The van der Waals surface area contributed by atoms with Gasteiger partial charge in [0, 0.05) is 11.1 Å². The summed E-state index contributed by atoms with van der Waals surface area (Å²) in [5, 5.41) is 4.94. The number of hydrogen-bond acceptors (Lipinski definition) is 6. The second-order valence-corrected chi connectivity index (χ2v) is 5.31. The van der Waals surface area contributed by atoms with E-state index < -0.39 is 5.97 Å². The molecule has 7 heteroatoms. The van der Waals surface area contributed by atoms with Gasteiger partial charge in [-0.25, -0.2) is 9.78 Å². The first-order valence-corrected chi connectivity index (χ1v) is 7.06. The molecule has 0 fully saturated rings. The lowest BCUT2D eigenvalue weighted by Gasteiger charge is -2.09. The molecule has 0 aliphatic carbocycles. The molecule has 0 spiro atoms. The SMILES string of the molecule is COC(=O)c1ccc(C)c(NC(=O)Cc2csc(N)n2)c1. The molecule has 21 heavy (non-hydrogen) atoms.